The number of likely N-dealkylation sites (tertiary alicyclic amines) is 1. The lowest BCUT2D eigenvalue weighted by atomic mass is 9.89. The van der Waals surface area contributed by atoms with Crippen LogP contribution in [0.1, 0.15) is 27.5 Å². The van der Waals surface area contributed by atoms with Gasteiger partial charge in [0.05, 0.1) is 23.3 Å². The standard InChI is InChI=1S/C21H22N4O.ClH/c1-14-6-5-9-25-19(14)18(12-23-25)21(26)24-13-16-10-22-11-17(16)20(24)15-7-3-2-4-8-15;/h2-9,12,16-17,20,22H,10-11,13H2,1H3;1H/t16-,17-,20+;/m0./s1. The van der Waals surface area contributed by atoms with Crippen LogP contribution in [0.15, 0.2) is 54.9 Å². The van der Waals surface area contributed by atoms with E-state index in [1.165, 1.54) is 5.56 Å². The third kappa shape index (κ3) is 2.82. The fraction of sp³-hybridized carbons (Fsp3) is 0.333. The van der Waals surface area contributed by atoms with Crippen LogP contribution in [0.3, 0.4) is 0 Å². The quantitative estimate of drug-likeness (QED) is 0.741. The zero-order valence-electron chi connectivity index (χ0n) is 15.2. The molecule has 2 aliphatic rings. The molecule has 0 saturated carbocycles. The number of hydrogen-bond donors (Lipinski definition) is 1. The number of halogens is 1. The van der Waals surface area contributed by atoms with Crippen molar-refractivity contribution < 1.29 is 4.79 Å². The van der Waals surface area contributed by atoms with Crippen LogP contribution >= 0.6 is 12.4 Å². The number of amides is 1. The van der Waals surface area contributed by atoms with Gasteiger partial charge >= 0.3 is 0 Å². The zero-order valence-corrected chi connectivity index (χ0v) is 16.0. The largest absolute Gasteiger partial charge is 0.331 e. The molecule has 27 heavy (non-hydrogen) atoms. The molecule has 3 atom stereocenters. The number of aromatic nitrogens is 2. The Bertz CT molecular complexity index is 971. The molecule has 6 heteroatoms. The summed E-state index contributed by atoms with van der Waals surface area (Å²) >= 11 is 0. The average Bonchev–Trinajstić information content (AvgIpc) is 3.36. The smallest absolute Gasteiger partial charge is 0.258 e. The van der Waals surface area contributed by atoms with Gasteiger partial charge in [-0.05, 0) is 30.0 Å². The number of carbonyl (C=O) groups excluding carboxylic acids is 1. The van der Waals surface area contributed by atoms with Crippen molar-refractivity contribution in [2.45, 2.75) is 13.0 Å². The average molecular weight is 383 g/mol. The van der Waals surface area contributed by atoms with Crippen LogP contribution in [0.5, 0.6) is 0 Å². The van der Waals surface area contributed by atoms with Gasteiger partial charge in [-0.1, -0.05) is 36.4 Å². The van der Waals surface area contributed by atoms with Gasteiger partial charge in [-0.2, -0.15) is 5.10 Å². The molecule has 4 heterocycles. The maximum Gasteiger partial charge on any atom is 0.258 e. The summed E-state index contributed by atoms with van der Waals surface area (Å²) in [4.78, 5) is 15.6. The van der Waals surface area contributed by atoms with Crippen molar-refractivity contribution in [3.63, 3.8) is 0 Å². The first-order valence-corrected chi connectivity index (χ1v) is 9.23. The lowest BCUT2D eigenvalue weighted by Gasteiger charge is -2.28. The molecule has 1 amide bonds. The maximum absolute atomic E-state index is 13.5. The number of nitrogens with one attached hydrogen (secondary N) is 1. The molecule has 2 aromatic heterocycles. The highest BCUT2D eigenvalue weighted by atomic mass is 35.5. The molecule has 0 radical (unpaired) electrons. The Balaban J connectivity index is 0.00000180. The molecule has 140 valence electrons. The Morgan fingerprint density at radius 3 is 2.78 bits per heavy atom. The van der Waals surface area contributed by atoms with Gasteiger partial charge in [0.1, 0.15) is 0 Å². The third-order valence-corrected chi connectivity index (χ3v) is 5.94. The monoisotopic (exact) mass is 382 g/mol. The van der Waals surface area contributed by atoms with Gasteiger partial charge in [-0.25, -0.2) is 4.52 Å². The fourth-order valence-electron chi connectivity index (χ4n) is 4.73. The highest BCUT2D eigenvalue weighted by molar-refractivity contribution is 6.01. The number of nitrogens with zero attached hydrogens (tertiary/aromatic N) is 3. The van der Waals surface area contributed by atoms with Crippen LogP contribution < -0.4 is 5.32 Å². The summed E-state index contributed by atoms with van der Waals surface area (Å²) in [6.07, 6.45) is 3.62. The van der Waals surface area contributed by atoms with E-state index in [-0.39, 0.29) is 24.4 Å². The third-order valence-electron chi connectivity index (χ3n) is 5.94. The minimum atomic E-state index is 0. The number of benzene rings is 1. The summed E-state index contributed by atoms with van der Waals surface area (Å²) in [5, 5.41) is 7.90. The van der Waals surface area contributed by atoms with Gasteiger partial charge in [0, 0.05) is 31.7 Å². The molecule has 1 N–H and O–H groups in total. The number of aryl methyl sites for hydroxylation is 1. The molecule has 2 saturated heterocycles. The molecule has 2 fully saturated rings. The number of pyridine rings is 1. The Labute approximate surface area is 164 Å². The van der Waals surface area contributed by atoms with Crippen LogP contribution in [0.25, 0.3) is 5.52 Å². The molecule has 1 aromatic carbocycles. The lowest BCUT2D eigenvalue weighted by Crippen LogP contribution is -2.34. The maximum atomic E-state index is 13.5. The van der Waals surface area contributed by atoms with E-state index in [0.29, 0.717) is 17.4 Å². The molecule has 5 rings (SSSR count). The van der Waals surface area contributed by atoms with Gasteiger partial charge in [0.2, 0.25) is 0 Å². The van der Waals surface area contributed by atoms with E-state index in [4.69, 9.17) is 0 Å². The van der Waals surface area contributed by atoms with E-state index >= 15 is 0 Å². The zero-order chi connectivity index (χ0) is 17.7. The Kier molecular flexibility index (Phi) is 4.66. The second-order valence-electron chi connectivity index (χ2n) is 7.44. The molecular weight excluding hydrogens is 360 g/mol. The highest BCUT2D eigenvalue weighted by Gasteiger charge is 2.47. The molecule has 0 spiro atoms. The summed E-state index contributed by atoms with van der Waals surface area (Å²) < 4.78 is 1.80. The first-order valence-electron chi connectivity index (χ1n) is 9.23. The van der Waals surface area contributed by atoms with Crippen molar-refractivity contribution in [2.75, 3.05) is 19.6 Å². The molecule has 0 aliphatic carbocycles. The Morgan fingerprint density at radius 2 is 1.96 bits per heavy atom. The van der Waals surface area contributed by atoms with E-state index in [1.54, 1.807) is 10.7 Å². The Morgan fingerprint density at radius 1 is 1.15 bits per heavy atom. The van der Waals surface area contributed by atoms with Crippen molar-refractivity contribution in [3.8, 4) is 0 Å². The van der Waals surface area contributed by atoms with Crippen molar-refractivity contribution >= 4 is 23.8 Å². The summed E-state index contributed by atoms with van der Waals surface area (Å²) in [5.74, 6) is 1.09. The first-order chi connectivity index (χ1) is 12.7. The predicted octanol–water partition coefficient (Wildman–Crippen LogP) is 3.10. The predicted molar refractivity (Wildman–Crippen MR) is 107 cm³/mol. The number of carbonyl (C=O) groups is 1. The van der Waals surface area contributed by atoms with E-state index < -0.39 is 0 Å². The molecular formula is C21H23ClN4O. The Hall–Kier alpha value is -2.37. The fourth-order valence-corrected chi connectivity index (χ4v) is 4.73. The van der Waals surface area contributed by atoms with Crippen LogP contribution in [-0.4, -0.2) is 40.1 Å². The summed E-state index contributed by atoms with van der Waals surface area (Å²) in [6, 6.07) is 14.6. The van der Waals surface area contributed by atoms with Gasteiger partial charge in [0.25, 0.3) is 5.91 Å². The molecule has 0 bridgehead atoms. The van der Waals surface area contributed by atoms with Crippen molar-refractivity contribution in [1.29, 1.82) is 0 Å². The van der Waals surface area contributed by atoms with E-state index in [1.807, 2.05) is 31.3 Å². The normalized spacial score (nSPS) is 24.0. The topological polar surface area (TPSA) is 49.6 Å². The van der Waals surface area contributed by atoms with Gasteiger partial charge in [0.15, 0.2) is 0 Å². The minimum absolute atomic E-state index is 0. The number of hydrogen-bond acceptors (Lipinski definition) is 3. The van der Waals surface area contributed by atoms with Crippen molar-refractivity contribution in [1.82, 2.24) is 19.8 Å². The molecule has 2 aliphatic heterocycles. The minimum Gasteiger partial charge on any atom is -0.331 e. The van der Waals surface area contributed by atoms with Crippen LogP contribution in [0, 0.1) is 18.8 Å². The molecule has 5 nitrogen and oxygen atoms in total. The van der Waals surface area contributed by atoms with Crippen LogP contribution in [0.2, 0.25) is 0 Å². The van der Waals surface area contributed by atoms with E-state index in [9.17, 15) is 4.79 Å². The molecule has 3 aromatic rings. The summed E-state index contributed by atoms with van der Waals surface area (Å²) in [5.41, 5.74) is 3.92. The van der Waals surface area contributed by atoms with Crippen LogP contribution in [-0.2, 0) is 0 Å². The molecule has 0 unspecified atom stereocenters. The van der Waals surface area contributed by atoms with Gasteiger partial charge in [-0.15, -0.1) is 12.4 Å². The SMILES string of the molecule is Cc1cccn2ncc(C(=O)N3C[C@@H]4CNC[C@@H]4[C@H]3c3ccccc3)c12.Cl. The van der Waals surface area contributed by atoms with Crippen LogP contribution in [0.4, 0.5) is 0 Å². The van der Waals surface area contributed by atoms with E-state index in [2.05, 4.69) is 39.6 Å². The number of rotatable bonds is 2. The second kappa shape index (κ2) is 6.98. The second-order valence-corrected chi connectivity index (χ2v) is 7.44. The summed E-state index contributed by atoms with van der Waals surface area (Å²) in [6.45, 7) is 4.80. The first kappa shape index (κ1) is 18.0. The lowest BCUT2D eigenvalue weighted by molar-refractivity contribution is 0.0716. The van der Waals surface area contributed by atoms with Crippen molar-refractivity contribution in [2.24, 2.45) is 11.8 Å². The van der Waals surface area contributed by atoms with Crippen molar-refractivity contribution in [3.05, 3.63) is 71.5 Å². The highest BCUT2D eigenvalue weighted by Crippen LogP contribution is 2.43. The van der Waals surface area contributed by atoms with Gasteiger partial charge in [-0.3, -0.25) is 4.79 Å². The number of fused-ring (bicyclic) bond motifs is 2. The summed E-state index contributed by atoms with van der Waals surface area (Å²) in [7, 11) is 0. The van der Waals surface area contributed by atoms with E-state index in [0.717, 1.165) is 30.7 Å². The van der Waals surface area contributed by atoms with Gasteiger partial charge < -0.3 is 10.2 Å².